The molecule has 2 fully saturated rings. The first-order chi connectivity index (χ1) is 16.9. The number of aryl methyl sites for hydroxylation is 1. The van der Waals surface area contributed by atoms with Gasteiger partial charge < -0.3 is 14.2 Å². The number of nitrogens with zero attached hydrogens (tertiary/aromatic N) is 1. The van der Waals surface area contributed by atoms with Gasteiger partial charge in [0.15, 0.2) is 0 Å². The van der Waals surface area contributed by atoms with Crippen molar-refractivity contribution in [1.82, 2.24) is 0 Å². The van der Waals surface area contributed by atoms with Crippen molar-refractivity contribution in [3.63, 3.8) is 0 Å². The number of hydroxylamine groups is 1. The molecule has 8 heteroatoms. The lowest BCUT2D eigenvalue weighted by Crippen LogP contribution is -2.58. The van der Waals surface area contributed by atoms with Gasteiger partial charge in [0, 0.05) is 4.47 Å². The molecule has 7 nitrogen and oxygen atoms in total. The normalized spacial score (nSPS) is 25.2. The molecule has 0 saturated carbocycles. The number of fused-ring (bicyclic) bond motifs is 1. The number of cyclic esters (lactones) is 1. The highest BCUT2D eigenvalue weighted by atomic mass is 79.9. The van der Waals surface area contributed by atoms with Crippen LogP contribution in [-0.2, 0) is 23.9 Å². The van der Waals surface area contributed by atoms with Crippen molar-refractivity contribution in [3.05, 3.63) is 94.0 Å². The van der Waals surface area contributed by atoms with Gasteiger partial charge in [0.25, 0.3) is 5.54 Å². The van der Waals surface area contributed by atoms with Crippen molar-refractivity contribution in [2.24, 2.45) is 5.92 Å². The molecule has 0 N–H and O–H groups in total. The van der Waals surface area contributed by atoms with E-state index in [1.165, 1.54) is 12.2 Å². The van der Waals surface area contributed by atoms with Gasteiger partial charge >= 0.3 is 11.9 Å². The van der Waals surface area contributed by atoms with Crippen LogP contribution in [0.15, 0.2) is 77.3 Å². The minimum absolute atomic E-state index is 0.551. The predicted molar refractivity (Wildman–Crippen MR) is 132 cm³/mol. The molecule has 0 amide bonds. The quantitative estimate of drug-likeness (QED) is 0.331. The Morgan fingerprint density at radius 2 is 1.51 bits per heavy atom. The van der Waals surface area contributed by atoms with E-state index in [0.29, 0.717) is 11.4 Å². The standard InChI is InChI=1S/C27H24BrNO6/c1-16-4-12-20(13-5-16)29-27(25(30)33-3)22(24(35-29)18-8-14-21(32-2)15-9-18)23(34-26(27)31)17-6-10-19(28)11-7-17/h4-15,22-24H,1-3H3. The number of hydrogen-bond donors (Lipinski definition) is 0. The van der Waals surface area contributed by atoms with Crippen LogP contribution < -0.4 is 9.80 Å². The van der Waals surface area contributed by atoms with Crippen molar-refractivity contribution in [2.45, 2.75) is 24.7 Å². The zero-order valence-corrected chi connectivity index (χ0v) is 21.0. The van der Waals surface area contributed by atoms with Gasteiger partial charge in [-0.25, -0.2) is 14.7 Å². The molecule has 180 valence electrons. The van der Waals surface area contributed by atoms with Crippen molar-refractivity contribution in [2.75, 3.05) is 19.3 Å². The smallest absolute Gasteiger partial charge is 0.347 e. The molecule has 0 spiro atoms. The first kappa shape index (κ1) is 23.4. The molecule has 0 radical (unpaired) electrons. The number of esters is 2. The summed E-state index contributed by atoms with van der Waals surface area (Å²) in [6.07, 6.45) is -1.42. The average Bonchev–Trinajstić information content (AvgIpc) is 3.39. The maximum absolute atomic E-state index is 13.7. The highest BCUT2D eigenvalue weighted by molar-refractivity contribution is 9.10. The lowest BCUT2D eigenvalue weighted by atomic mass is 9.76. The number of halogens is 1. The maximum Gasteiger partial charge on any atom is 0.347 e. The summed E-state index contributed by atoms with van der Waals surface area (Å²) in [5.74, 6) is -1.48. The number of ether oxygens (including phenoxy) is 3. The van der Waals surface area contributed by atoms with Gasteiger partial charge in [-0.15, -0.1) is 0 Å². The molecule has 0 aliphatic carbocycles. The van der Waals surface area contributed by atoms with Gasteiger partial charge in [-0.2, -0.15) is 0 Å². The van der Waals surface area contributed by atoms with Crippen LogP contribution in [0, 0.1) is 12.8 Å². The Balaban J connectivity index is 1.71. The van der Waals surface area contributed by atoms with Gasteiger partial charge in [0.2, 0.25) is 0 Å². The third kappa shape index (κ3) is 3.68. The van der Waals surface area contributed by atoms with Crippen LogP contribution in [0.5, 0.6) is 5.75 Å². The molecular formula is C27H24BrNO6. The monoisotopic (exact) mass is 537 g/mol. The minimum Gasteiger partial charge on any atom is -0.497 e. The fourth-order valence-electron chi connectivity index (χ4n) is 4.88. The fraction of sp³-hybridized carbons (Fsp3) is 0.259. The number of anilines is 1. The lowest BCUT2D eigenvalue weighted by molar-refractivity contribution is -0.159. The van der Waals surface area contributed by atoms with E-state index in [-0.39, 0.29) is 0 Å². The highest BCUT2D eigenvalue weighted by Crippen LogP contribution is 2.58. The van der Waals surface area contributed by atoms with Crippen LogP contribution in [-0.4, -0.2) is 31.7 Å². The molecule has 3 aromatic rings. The average molecular weight is 538 g/mol. The van der Waals surface area contributed by atoms with E-state index in [2.05, 4.69) is 15.9 Å². The molecule has 2 aliphatic rings. The zero-order chi connectivity index (χ0) is 24.7. The summed E-state index contributed by atoms with van der Waals surface area (Å²) in [5.41, 5.74) is 1.29. The Hall–Kier alpha value is -3.36. The van der Waals surface area contributed by atoms with E-state index in [4.69, 9.17) is 19.0 Å². The molecule has 2 aliphatic heterocycles. The number of rotatable bonds is 5. The van der Waals surface area contributed by atoms with E-state index in [9.17, 15) is 9.59 Å². The van der Waals surface area contributed by atoms with E-state index in [0.717, 1.165) is 21.2 Å². The second kappa shape index (κ2) is 9.02. The Morgan fingerprint density at radius 1 is 0.914 bits per heavy atom. The van der Waals surface area contributed by atoms with Crippen LogP contribution >= 0.6 is 15.9 Å². The third-order valence-corrected chi connectivity index (χ3v) is 7.16. The summed E-state index contributed by atoms with van der Waals surface area (Å²) in [5, 5.41) is 1.37. The molecule has 4 atom stereocenters. The predicted octanol–water partition coefficient (Wildman–Crippen LogP) is 5.09. The van der Waals surface area contributed by atoms with Crippen LogP contribution in [0.4, 0.5) is 5.69 Å². The highest BCUT2D eigenvalue weighted by Gasteiger charge is 2.74. The van der Waals surface area contributed by atoms with Crippen LogP contribution in [0.3, 0.4) is 0 Å². The Morgan fingerprint density at radius 3 is 2.11 bits per heavy atom. The molecule has 35 heavy (non-hydrogen) atoms. The van der Waals surface area contributed by atoms with Gasteiger partial charge in [0.05, 0.1) is 25.8 Å². The van der Waals surface area contributed by atoms with Gasteiger partial charge in [-0.3, -0.25) is 4.84 Å². The molecule has 5 rings (SSSR count). The Kier molecular flexibility index (Phi) is 6.02. The lowest BCUT2D eigenvalue weighted by Gasteiger charge is -2.31. The summed E-state index contributed by atoms with van der Waals surface area (Å²) in [7, 11) is 2.86. The number of carbonyl (C=O) groups is 2. The van der Waals surface area contributed by atoms with Crippen molar-refractivity contribution in [3.8, 4) is 5.75 Å². The first-order valence-electron chi connectivity index (χ1n) is 11.1. The summed E-state index contributed by atoms with van der Waals surface area (Å²) in [6.45, 7) is 1.96. The summed E-state index contributed by atoms with van der Waals surface area (Å²) in [6, 6.07) is 22.3. The number of carbonyl (C=O) groups excluding carboxylic acids is 2. The van der Waals surface area contributed by atoms with E-state index in [1.807, 2.05) is 79.7 Å². The van der Waals surface area contributed by atoms with Crippen LogP contribution in [0.1, 0.15) is 28.9 Å². The SMILES string of the molecule is COC(=O)C12C(=O)OC(c3ccc(Br)cc3)C1C(c1ccc(OC)cc1)ON2c1ccc(C)cc1. The summed E-state index contributed by atoms with van der Waals surface area (Å²) in [4.78, 5) is 33.7. The second-order valence-electron chi connectivity index (χ2n) is 8.59. The number of benzene rings is 3. The van der Waals surface area contributed by atoms with Crippen LogP contribution in [0.2, 0.25) is 0 Å². The minimum atomic E-state index is -1.83. The molecule has 0 aromatic heterocycles. The van der Waals surface area contributed by atoms with Crippen molar-refractivity contribution in [1.29, 1.82) is 0 Å². The maximum atomic E-state index is 13.7. The van der Waals surface area contributed by atoms with E-state index < -0.39 is 35.6 Å². The molecule has 0 bridgehead atoms. The topological polar surface area (TPSA) is 74.3 Å². The zero-order valence-electron chi connectivity index (χ0n) is 19.4. The third-order valence-electron chi connectivity index (χ3n) is 6.63. The molecule has 2 saturated heterocycles. The Bertz CT molecular complexity index is 1240. The molecule has 3 aromatic carbocycles. The van der Waals surface area contributed by atoms with Gasteiger partial charge in [-0.1, -0.05) is 57.9 Å². The molecular weight excluding hydrogens is 514 g/mol. The first-order valence-corrected chi connectivity index (χ1v) is 11.9. The molecule has 4 unspecified atom stereocenters. The second-order valence-corrected chi connectivity index (χ2v) is 9.51. The van der Waals surface area contributed by atoms with Crippen LogP contribution in [0.25, 0.3) is 0 Å². The van der Waals surface area contributed by atoms with Gasteiger partial charge in [0.1, 0.15) is 18.0 Å². The summed E-state index contributed by atoms with van der Waals surface area (Å²) >= 11 is 3.45. The van der Waals surface area contributed by atoms with E-state index >= 15 is 0 Å². The largest absolute Gasteiger partial charge is 0.497 e. The summed E-state index contributed by atoms with van der Waals surface area (Å²) < 4.78 is 17.4. The van der Waals surface area contributed by atoms with Crippen molar-refractivity contribution < 1.29 is 28.6 Å². The van der Waals surface area contributed by atoms with Gasteiger partial charge in [-0.05, 0) is 54.4 Å². The van der Waals surface area contributed by atoms with Crippen molar-refractivity contribution >= 4 is 33.6 Å². The fourth-order valence-corrected chi connectivity index (χ4v) is 5.15. The van der Waals surface area contributed by atoms with E-state index in [1.54, 1.807) is 7.11 Å². The number of methoxy groups -OCH3 is 2. The number of hydrogen-bond acceptors (Lipinski definition) is 7. The Labute approximate surface area is 211 Å². The molecule has 2 heterocycles.